The molecule has 1 aromatic rings. The number of carbonyl (C=O) groups excluding carboxylic acids is 2. The topological polar surface area (TPSA) is 92.3 Å². The van der Waals surface area contributed by atoms with Crippen LogP contribution in [-0.2, 0) is 0 Å². The minimum absolute atomic E-state index is 0. The minimum atomic E-state index is -1.39. The van der Waals surface area contributed by atoms with Crippen molar-refractivity contribution in [2.45, 2.75) is 110 Å². The summed E-state index contributed by atoms with van der Waals surface area (Å²) < 4.78 is 0. The van der Waals surface area contributed by atoms with Crippen molar-refractivity contribution in [1.82, 2.24) is 0 Å². The molecule has 0 amide bonds. The minimum Gasteiger partial charge on any atom is -0.545 e. The summed E-state index contributed by atoms with van der Waals surface area (Å²) in [6.45, 7) is 2.94. The molecule has 1 N–H and O–H groups in total. The van der Waals surface area contributed by atoms with Crippen LogP contribution in [0.5, 0.6) is 0 Å². The molecule has 0 radical (unpaired) electrons. The van der Waals surface area contributed by atoms with Gasteiger partial charge in [-0.1, -0.05) is 103 Å². The maximum absolute atomic E-state index is 11.0. The maximum atomic E-state index is 11.0. The largest absolute Gasteiger partial charge is 1.00 e. The number of benzene rings is 1. The summed E-state index contributed by atoms with van der Waals surface area (Å²) >= 11 is 0. The normalized spacial score (nSPS) is 10.2. The van der Waals surface area contributed by atoms with Gasteiger partial charge in [-0.2, -0.15) is 0 Å². The first-order chi connectivity index (χ1) is 15.0. The predicted molar refractivity (Wildman–Crippen MR) is 123 cm³/mol. The molecular weight excluding hydrogens is 436 g/mol. The molecule has 0 spiro atoms. The van der Waals surface area contributed by atoms with Gasteiger partial charge in [0.25, 0.3) is 0 Å². The number of rotatable bonds is 20. The first-order valence-corrected chi connectivity index (χ1v) is 12.4. The molecule has 33 heavy (non-hydrogen) atoms. The van der Waals surface area contributed by atoms with Crippen LogP contribution in [-0.4, -0.2) is 18.5 Å². The fraction of sp³-hybridized carbons (Fsp3) is 0.692. The van der Waals surface area contributed by atoms with Crippen LogP contribution in [0.1, 0.15) is 130 Å². The third-order valence-electron chi connectivity index (χ3n) is 5.76. The summed E-state index contributed by atoms with van der Waals surface area (Å²) in [4.78, 5) is 22.0. The Balaban J connectivity index is 0. The number of hydrogen-bond donors (Lipinski definition) is 1. The van der Waals surface area contributed by atoms with E-state index in [4.69, 9.17) is 0 Å². The Morgan fingerprint density at radius 2 is 0.939 bits per heavy atom. The summed E-state index contributed by atoms with van der Waals surface area (Å²) in [5.41, 5.74) is 0.161. The first-order valence-electron chi connectivity index (χ1n) is 12.4. The summed E-state index contributed by atoms with van der Waals surface area (Å²) in [6, 6.07) is 3.85. The summed E-state index contributed by atoms with van der Waals surface area (Å²) in [6.07, 6.45) is 21.0. The molecule has 5 nitrogen and oxygen atoms in total. The van der Waals surface area contributed by atoms with Crippen molar-refractivity contribution in [1.29, 1.82) is 0 Å². The van der Waals surface area contributed by atoms with Gasteiger partial charge >= 0.3 is 59.1 Å². The molecule has 0 aliphatic rings. The van der Waals surface area contributed by atoms with Crippen molar-refractivity contribution in [2.24, 2.45) is 0 Å². The SMILES string of the molecule is CCCCCCCCCCCCCCCCCCNc1cc(C(=O)[O-])cc(C(=O)[O-])c1.[Na+].[Na+]. The monoisotopic (exact) mass is 477 g/mol. The number of aromatic carboxylic acids is 2. The van der Waals surface area contributed by atoms with Crippen LogP contribution < -0.4 is 74.6 Å². The second kappa shape index (κ2) is 23.7. The third-order valence-corrected chi connectivity index (χ3v) is 5.76. The molecule has 0 bridgehead atoms. The number of hydrogen-bond acceptors (Lipinski definition) is 5. The van der Waals surface area contributed by atoms with Crippen molar-refractivity contribution in [3.05, 3.63) is 29.3 Å². The van der Waals surface area contributed by atoms with Crippen LogP contribution in [0.3, 0.4) is 0 Å². The van der Waals surface area contributed by atoms with E-state index in [1.165, 1.54) is 102 Å². The van der Waals surface area contributed by atoms with Gasteiger partial charge in [-0.25, -0.2) is 0 Å². The Labute approximate surface area is 245 Å². The molecular formula is C26H41NNa2O4. The maximum Gasteiger partial charge on any atom is 1.00 e. The van der Waals surface area contributed by atoms with Gasteiger partial charge in [0.15, 0.2) is 0 Å². The van der Waals surface area contributed by atoms with E-state index in [9.17, 15) is 19.8 Å². The fourth-order valence-corrected chi connectivity index (χ4v) is 3.87. The van der Waals surface area contributed by atoms with Crippen molar-refractivity contribution >= 4 is 17.6 Å². The van der Waals surface area contributed by atoms with E-state index in [1.807, 2.05) is 0 Å². The van der Waals surface area contributed by atoms with Gasteiger partial charge in [-0.3, -0.25) is 0 Å². The average Bonchev–Trinajstić information content (AvgIpc) is 2.75. The predicted octanol–water partition coefficient (Wildman–Crippen LogP) is -0.905. The van der Waals surface area contributed by atoms with Crippen LogP contribution in [0.4, 0.5) is 5.69 Å². The van der Waals surface area contributed by atoms with Crippen LogP contribution >= 0.6 is 0 Å². The molecule has 1 aromatic carbocycles. The van der Waals surface area contributed by atoms with Gasteiger partial charge in [0.1, 0.15) is 0 Å². The molecule has 1 rings (SSSR count). The van der Waals surface area contributed by atoms with Crippen LogP contribution in [0, 0.1) is 0 Å². The van der Waals surface area contributed by atoms with Crippen molar-refractivity contribution in [3.63, 3.8) is 0 Å². The second-order valence-electron chi connectivity index (χ2n) is 8.60. The van der Waals surface area contributed by atoms with Gasteiger partial charge < -0.3 is 25.1 Å². The molecule has 0 aliphatic heterocycles. The number of carbonyl (C=O) groups is 2. The number of anilines is 1. The zero-order valence-electron chi connectivity index (χ0n) is 21.4. The molecule has 0 saturated carbocycles. The summed E-state index contributed by atoms with van der Waals surface area (Å²) in [5.74, 6) is -2.79. The smallest absolute Gasteiger partial charge is 0.545 e. The Kier molecular flexibility index (Phi) is 25.2. The van der Waals surface area contributed by atoms with E-state index in [1.54, 1.807) is 0 Å². The van der Waals surface area contributed by atoms with Crippen LogP contribution in [0.15, 0.2) is 18.2 Å². The third kappa shape index (κ3) is 18.9. The van der Waals surface area contributed by atoms with E-state index in [2.05, 4.69) is 12.2 Å². The first kappa shape index (κ1) is 35.1. The van der Waals surface area contributed by atoms with Gasteiger partial charge in [-0.05, 0) is 35.7 Å². The van der Waals surface area contributed by atoms with Crippen LogP contribution in [0.2, 0.25) is 0 Å². The molecule has 7 heteroatoms. The van der Waals surface area contributed by atoms with E-state index < -0.39 is 11.9 Å². The molecule has 176 valence electrons. The molecule has 0 unspecified atom stereocenters. The van der Waals surface area contributed by atoms with Crippen molar-refractivity contribution < 1.29 is 78.9 Å². The van der Waals surface area contributed by atoms with Crippen molar-refractivity contribution in [2.75, 3.05) is 11.9 Å². The summed E-state index contributed by atoms with van der Waals surface area (Å²) in [5, 5.41) is 25.1. The Morgan fingerprint density at radius 1 is 0.606 bits per heavy atom. The van der Waals surface area contributed by atoms with E-state index in [-0.39, 0.29) is 70.2 Å². The van der Waals surface area contributed by atoms with Gasteiger partial charge in [0.05, 0.1) is 11.9 Å². The molecule has 0 atom stereocenters. The Hall–Kier alpha value is -0.0400. The molecule has 0 aliphatic carbocycles. The van der Waals surface area contributed by atoms with E-state index >= 15 is 0 Å². The molecule has 0 heterocycles. The summed E-state index contributed by atoms with van der Waals surface area (Å²) in [7, 11) is 0. The van der Waals surface area contributed by atoms with Gasteiger partial charge in [0, 0.05) is 12.2 Å². The molecule has 0 fully saturated rings. The standard InChI is InChI=1S/C26H43NO4.2Na/c1-2-3-4-5-6-7-8-9-10-11-12-13-14-15-16-17-18-27-24-20-22(25(28)29)19-23(21-24)26(30)31;;/h19-21,27H,2-18H2,1H3,(H,28,29)(H,30,31);;/q;2*+1/p-2. The quantitative estimate of drug-likeness (QED) is 0.194. The van der Waals surface area contributed by atoms with Gasteiger partial charge in [-0.15, -0.1) is 0 Å². The zero-order chi connectivity index (χ0) is 22.7. The van der Waals surface area contributed by atoms with E-state index in [0.717, 1.165) is 18.9 Å². The molecule has 0 aromatic heterocycles. The van der Waals surface area contributed by atoms with Crippen molar-refractivity contribution in [3.8, 4) is 0 Å². The second-order valence-corrected chi connectivity index (χ2v) is 8.60. The number of unbranched alkanes of at least 4 members (excludes halogenated alkanes) is 15. The van der Waals surface area contributed by atoms with Crippen LogP contribution in [0.25, 0.3) is 0 Å². The molecule has 0 saturated heterocycles. The Morgan fingerprint density at radius 3 is 1.27 bits per heavy atom. The Bertz CT molecular complexity index is 608. The van der Waals surface area contributed by atoms with E-state index in [0.29, 0.717) is 12.2 Å². The average molecular weight is 478 g/mol. The number of nitrogens with one attached hydrogen (secondary N) is 1. The number of carboxylic acids is 2. The number of carboxylic acid groups (broad SMARTS) is 2. The zero-order valence-corrected chi connectivity index (χ0v) is 25.4. The fourth-order valence-electron chi connectivity index (χ4n) is 3.87. The van der Waals surface area contributed by atoms with Gasteiger partial charge in [0.2, 0.25) is 0 Å².